The minimum absolute atomic E-state index is 0.694. The van der Waals surface area contributed by atoms with Crippen LogP contribution in [0, 0.1) is 12.8 Å². The van der Waals surface area contributed by atoms with Gasteiger partial charge in [0.05, 0.1) is 12.7 Å². The second kappa shape index (κ2) is 6.77. The molecule has 0 amide bonds. The zero-order valence-electron chi connectivity index (χ0n) is 11.8. The van der Waals surface area contributed by atoms with E-state index in [9.17, 15) is 0 Å². The zero-order valence-corrected chi connectivity index (χ0v) is 11.8. The minimum Gasteiger partial charge on any atom is -0.312 e. The Balaban J connectivity index is 2.46. The van der Waals surface area contributed by atoms with Crippen molar-refractivity contribution in [3.05, 3.63) is 17.5 Å². The normalized spacial score (nSPS) is 11.7. The summed E-state index contributed by atoms with van der Waals surface area (Å²) >= 11 is 0. The van der Waals surface area contributed by atoms with Crippen LogP contribution in [0.1, 0.15) is 25.1 Å². The molecule has 0 saturated carbocycles. The van der Waals surface area contributed by atoms with Crippen molar-refractivity contribution >= 4 is 0 Å². The van der Waals surface area contributed by atoms with Crippen molar-refractivity contribution in [2.75, 3.05) is 27.2 Å². The van der Waals surface area contributed by atoms with Gasteiger partial charge in [0.1, 0.15) is 0 Å². The number of hydrogen-bond acceptors (Lipinski definition) is 3. The molecule has 1 N–H and O–H groups in total. The lowest BCUT2D eigenvalue weighted by Gasteiger charge is -2.11. The van der Waals surface area contributed by atoms with Gasteiger partial charge in [-0.2, -0.15) is 5.10 Å². The predicted octanol–water partition coefficient (Wildman–Crippen LogP) is 1.50. The van der Waals surface area contributed by atoms with E-state index in [1.165, 1.54) is 11.3 Å². The van der Waals surface area contributed by atoms with E-state index in [0.717, 1.165) is 26.2 Å². The lowest BCUT2D eigenvalue weighted by atomic mass is 10.2. The van der Waals surface area contributed by atoms with E-state index in [-0.39, 0.29) is 0 Å². The average Bonchev–Trinajstić information content (AvgIpc) is 2.57. The first-order valence-corrected chi connectivity index (χ1v) is 6.37. The van der Waals surface area contributed by atoms with E-state index in [1.807, 2.05) is 6.20 Å². The second-order valence-electron chi connectivity index (χ2n) is 5.31. The highest BCUT2D eigenvalue weighted by molar-refractivity contribution is 5.15. The molecule has 1 rings (SSSR count). The van der Waals surface area contributed by atoms with E-state index in [0.29, 0.717) is 5.92 Å². The molecule has 1 heterocycles. The highest BCUT2D eigenvalue weighted by Gasteiger charge is 2.06. The van der Waals surface area contributed by atoms with Gasteiger partial charge in [-0.15, -0.1) is 0 Å². The molecule has 98 valence electrons. The maximum absolute atomic E-state index is 4.44. The first-order chi connectivity index (χ1) is 8.00. The summed E-state index contributed by atoms with van der Waals surface area (Å²) in [6.45, 7) is 10.6. The fourth-order valence-corrected chi connectivity index (χ4v) is 1.67. The van der Waals surface area contributed by atoms with Crippen molar-refractivity contribution in [1.29, 1.82) is 0 Å². The molecular formula is C13H26N4. The van der Waals surface area contributed by atoms with Crippen LogP contribution in [0.2, 0.25) is 0 Å². The SMILES string of the molecule is Cc1c(CNCC(C)C)cnn1CCN(C)C. The Morgan fingerprint density at radius 1 is 1.41 bits per heavy atom. The van der Waals surface area contributed by atoms with Crippen molar-refractivity contribution in [3.8, 4) is 0 Å². The van der Waals surface area contributed by atoms with Gasteiger partial charge in [0.2, 0.25) is 0 Å². The molecule has 0 aliphatic heterocycles. The third-order valence-electron chi connectivity index (χ3n) is 2.83. The summed E-state index contributed by atoms with van der Waals surface area (Å²) in [6.07, 6.45) is 1.98. The van der Waals surface area contributed by atoms with Crippen LogP contribution in [0.3, 0.4) is 0 Å². The van der Waals surface area contributed by atoms with Gasteiger partial charge in [-0.25, -0.2) is 0 Å². The van der Waals surface area contributed by atoms with Crippen LogP contribution in [-0.4, -0.2) is 41.9 Å². The van der Waals surface area contributed by atoms with Gasteiger partial charge in [0.15, 0.2) is 0 Å². The number of nitrogens with one attached hydrogen (secondary N) is 1. The average molecular weight is 238 g/mol. The van der Waals surface area contributed by atoms with Crippen LogP contribution in [0.15, 0.2) is 6.20 Å². The van der Waals surface area contributed by atoms with E-state index >= 15 is 0 Å². The molecule has 0 saturated heterocycles. The van der Waals surface area contributed by atoms with Crippen LogP contribution in [0.5, 0.6) is 0 Å². The van der Waals surface area contributed by atoms with Crippen LogP contribution in [0.25, 0.3) is 0 Å². The molecule has 0 spiro atoms. The van der Waals surface area contributed by atoms with Crippen LogP contribution < -0.4 is 5.32 Å². The molecule has 17 heavy (non-hydrogen) atoms. The van der Waals surface area contributed by atoms with Gasteiger partial charge >= 0.3 is 0 Å². The molecule has 0 bridgehead atoms. The first-order valence-electron chi connectivity index (χ1n) is 6.37. The molecule has 1 aromatic rings. The Morgan fingerprint density at radius 3 is 2.71 bits per heavy atom. The van der Waals surface area contributed by atoms with Gasteiger partial charge in [-0.3, -0.25) is 4.68 Å². The van der Waals surface area contributed by atoms with E-state index < -0.39 is 0 Å². The molecule has 0 unspecified atom stereocenters. The lowest BCUT2D eigenvalue weighted by molar-refractivity contribution is 0.370. The summed E-state index contributed by atoms with van der Waals surface area (Å²) in [7, 11) is 4.17. The largest absolute Gasteiger partial charge is 0.312 e. The summed E-state index contributed by atoms with van der Waals surface area (Å²) in [5.41, 5.74) is 2.59. The Kier molecular flexibility index (Phi) is 5.65. The third-order valence-corrected chi connectivity index (χ3v) is 2.83. The lowest BCUT2D eigenvalue weighted by Crippen LogP contribution is -2.21. The van der Waals surface area contributed by atoms with Crippen molar-refractivity contribution in [2.45, 2.75) is 33.9 Å². The van der Waals surface area contributed by atoms with Gasteiger partial charge in [-0.05, 0) is 33.5 Å². The molecule has 0 radical (unpaired) electrons. The monoisotopic (exact) mass is 238 g/mol. The van der Waals surface area contributed by atoms with Gasteiger partial charge in [-0.1, -0.05) is 13.8 Å². The summed E-state index contributed by atoms with van der Waals surface area (Å²) in [5, 5.41) is 7.89. The predicted molar refractivity (Wildman–Crippen MR) is 72.1 cm³/mol. The fraction of sp³-hybridized carbons (Fsp3) is 0.769. The van der Waals surface area contributed by atoms with E-state index in [1.54, 1.807) is 0 Å². The fourth-order valence-electron chi connectivity index (χ4n) is 1.67. The van der Waals surface area contributed by atoms with Crippen LogP contribution in [-0.2, 0) is 13.1 Å². The Labute approximate surface area is 105 Å². The van der Waals surface area contributed by atoms with Crippen molar-refractivity contribution in [3.63, 3.8) is 0 Å². The summed E-state index contributed by atoms with van der Waals surface area (Å²) < 4.78 is 2.09. The molecule has 0 fully saturated rings. The number of hydrogen-bond donors (Lipinski definition) is 1. The van der Waals surface area contributed by atoms with Crippen LogP contribution >= 0.6 is 0 Å². The van der Waals surface area contributed by atoms with Gasteiger partial charge in [0.25, 0.3) is 0 Å². The van der Waals surface area contributed by atoms with Crippen molar-refractivity contribution < 1.29 is 0 Å². The molecule has 0 aliphatic rings. The molecule has 0 aromatic carbocycles. The quantitative estimate of drug-likeness (QED) is 0.781. The number of nitrogens with zero attached hydrogens (tertiary/aromatic N) is 3. The standard InChI is InChI=1S/C13H26N4/c1-11(2)8-14-9-13-10-15-17(12(13)3)7-6-16(4)5/h10-11,14H,6-9H2,1-5H3. The Hall–Kier alpha value is -0.870. The topological polar surface area (TPSA) is 33.1 Å². The van der Waals surface area contributed by atoms with Gasteiger partial charge < -0.3 is 10.2 Å². The second-order valence-corrected chi connectivity index (χ2v) is 5.31. The highest BCUT2D eigenvalue weighted by Crippen LogP contribution is 2.07. The molecule has 4 nitrogen and oxygen atoms in total. The molecule has 0 aliphatic carbocycles. The number of rotatable bonds is 7. The molecular weight excluding hydrogens is 212 g/mol. The molecule has 1 aromatic heterocycles. The summed E-state index contributed by atoms with van der Waals surface area (Å²) in [5.74, 6) is 0.694. The maximum atomic E-state index is 4.44. The highest BCUT2D eigenvalue weighted by atomic mass is 15.3. The minimum atomic E-state index is 0.694. The summed E-state index contributed by atoms with van der Waals surface area (Å²) in [6, 6.07) is 0. The van der Waals surface area contributed by atoms with Crippen molar-refractivity contribution in [2.24, 2.45) is 5.92 Å². The van der Waals surface area contributed by atoms with Crippen molar-refractivity contribution in [1.82, 2.24) is 20.0 Å². The summed E-state index contributed by atoms with van der Waals surface area (Å²) in [4.78, 5) is 2.18. The van der Waals surface area contributed by atoms with E-state index in [2.05, 4.69) is 54.9 Å². The number of likely N-dealkylation sites (N-methyl/N-ethyl adjacent to an activating group) is 1. The molecule has 4 heteroatoms. The zero-order chi connectivity index (χ0) is 12.8. The van der Waals surface area contributed by atoms with Gasteiger partial charge in [0, 0.05) is 24.3 Å². The Bertz CT molecular complexity index is 328. The Morgan fingerprint density at radius 2 is 2.12 bits per heavy atom. The van der Waals surface area contributed by atoms with E-state index in [4.69, 9.17) is 0 Å². The molecule has 0 atom stereocenters. The first kappa shape index (κ1) is 14.2. The third kappa shape index (κ3) is 4.88. The van der Waals surface area contributed by atoms with Crippen LogP contribution in [0.4, 0.5) is 0 Å². The smallest absolute Gasteiger partial charge is 0.0539 e. The maximum Gasteiger partial charge on any atom is 0.0539 e. The number of aromatic nitrogens is 2.